The van der Waals surface area contributed by atoms with E-state index in [1.807, 2.05) is 48.5 Å². The average molecular weight is 539 g/mol. The lowest BCUT2D eigenvalue weighted by molar-refractivity contribution is -0.118. The zero-order chi connectivity index (χ0) is 24.9. The van der Waals surface area contributed by atoms with Crippen LogP contribution in [0.4, 0.5) is 10.5 Å². The summed E-state index contributed by atoms with van der Waals surface area (Å²) in [6, 6.07) is 20.5. The molecule has 0 aromatic heterocycles. The first-order chi connectivity index (χ1) is 16.8. The molecule has 3 aromatic carbocycles. The number of rotatable bonds is 8. The number of fused-ring (bicyclic) bond motifs is 3. The zero-order valence-corrected chi connectivity index (χ0v) is 20.1. The Balaban J connectivity index is 1.28. The number of carboxylic acids is 1. The highest BCUT2D eigenvalue weighted by Crippen LogP contribution is 2.44. The van der Waals surface area contributed by atoms with Gasteiger partial charge in [0.05, 0.1) is 23.8 Å². The molecular weight excluding hydrogens is 516 g/mol. The number of aliphatic hydroxyl groups excluding tert-OH is 1. The van der Waals surface area contributed by atoms with Crippen molar-refractivity contribution in [3.63, 3.8) is 0 Å². The Hall–Kier alpha value is -3.69. The predicted molar refractivity (Wildman–Crippen MR) is 133 cm³/mol. The molecule has 4 rings (SSSR count). The van der Waals surface area contributed by atoms with Crippen LogP contribution in [0.3, 0.4) is 0 Å². The van der Waals surface area contributed by atoms with E-state index in [1.165, 1.54) is 12.1 Å². The highest BCUT2D eigenvalue weighted by atomic mass is 79.9. The molecule has 0 saturated carbocycles. The van der Waals surface area contributed by atoms with Gasteiger partial charge in [-0.25, -0.2) is 9.59 Å². The van der Waals surface area contributed by atoms with Crippen LogP contribution in [0.5, 0.6) is 0 Å². The summed E-state index contributed by atoms with van der Waals surface area (Å²) in [7, 11) is 0. The number of ether oxygens (including phenoxy) is 1. The Morgan fingerprint density at radius 1 is 0.943 bits per heavy atom. The minimum absolute atomic E-state index is 0.0843. The minimum atomic E-state index is -1.20. The lowest BCUT2D eigenvalue weighted by Crippen LogP contribution is -2.35. The molecule has 0 aliphatic heterocycles. The van der Waals surface area contributed by atoms with Crippen LogP contribution in [-0.2, 0) is 9.53 Å². The minimum Gasteiger partial charge on any atom is -0.478 e. The number of amides is 2. The second-order valence-electron chi connectivity index (χ2n) is 8.08. The maximum absolute atomic E-state index is 12.3. The third-order valence-corrected chi connectivity index (χ3v) is 6.42. The molecule has 1 atom stereocenters. The number of para-hydroxylation sites is 1. The van der Waals surface area contributed by atoms with E-state index in [4.69, 9.17) is 4.74 Å². The fourth-order valence-corrected chi connectivity index (χ4v) is 4.62. The second kappa shape index (κ2) is 10.7. The molecule has 4 N–H and O–H groups in total. The molecule has 0 fully saturated rings. The third kappa shape index (κ3) is 5.52. The van der Waals surface area contributed by atoms with Crippen LogP contribution in [0, 0.1) is 0 Å². The number of halogens is 1. The Bertz CT molecular complexity index is 1230. The summed E-state index contributed by atoms with van der Waals surface area (Å²) in [5.41, 5.74) is 4.43. The molecule has 35 heavy (non-hydrogen) atoms. The average Bonchev–Trinajstić information content (AvgIpc) is 3.16. The molecular formula is C26H23BrN2O6. The van der Waals surface area contributed by atoms with Crippen LogP contribution >= 0.6 is 15.9 Å². The molecule has 8 nitrogen and oxygen atoms in total. The normalized spacial score (nSPS) is 12.9. The van der Waals surface area contributed by atoms with Crippen LogP contribution in [0.1, 0.15) is 33.8 Å². The Morgan fingerprint density at radius 2 is 1.57 bits per heavy atom. The number of carbonyl (C=O) groups excluding carboxylic acids is 2. The number of benzene rings is 3. The number of hydrogen-bond acceptors (Lipinski definition) is 5. The van der Waals surface area contributed by atoms with Gasteiger partial charge in [0.2, 0.25) is 5.91 Å². The summed E-state index contributed by atoms with van der Waals surface area (Å²) in [5, 5.41) is 24.4. The molecule has 1 aliphatic carbocycles. The van der Waals surface area contributed by atoms with Gasteiger partial charge in [0.15, 0.2) is 0 Å². The monoisotopic (exact) mass is 538 g/mol. The number of carboxylic acid groups (broad SMARTS) is 1. The number of aliphatic hydroxyl groups is 1. The van der Waals surface area contributed by atoms with Crippen LogP contribution in [0.25, 0.3) is 11.1 Å². The van der Waals surface area contributed by atoms with Crippen molar-refractivity contribution in [2.75, 3.05) is 18.5 Å². The Kier molecular flexibility index (Phi) is 7.48. The summed E-state index contributed by atoms with van der Waals surface area (Å²) in [6.45, 7) is -0.0672. The van der Waals surface area contributed by atoms with E-state index >= 15 is 0 Å². The van der Waals surface area contributed by atoms with Crippen molar-refractivity contribution in [1.29, 1.82) is 0 Å². The van der Waals surface area contributed by atoms with Crippen molar-refractivity contribution in [1.82, 2.24) is 5.32 Å². The zero-order valence-electron chi connectivity index (χ0n) is 18.5. The molecule has 0 saturated heterocycles. The molecule has 0 heterocycles. The first-order valence-corrected chi connectivity index (χ1v) is 11.7. The first kappa shape index (κ1) is 24.4. The second-order valence-corrected chi connectivity index (χ2v) is 8.93. The Morgan fingerprint density at radius 3 is 2.20 bits per heavy atom. The lowest BCUT2D eigenvalue weighted by atomic mass is 9.98. The van der Waals surface area contributed by atoms with E-state index in [9.17, 15) is 24.6 Å². The highest BCUT2D eigenvalue weighted by molar-refractivity contribution is 9.10. The summed E-state index contributed by atoms with van der Waals surface area (Å²) in [5.74, 6) is -1.88. The summed E-state index contributed by atoms with van der Waals surface area (Å²) >= 11 is 3.21. The molecule has 0 bridgehead atoms. The van der Waals surface area contributed by atoms with Gasteiger partial charge in [0.25, 0.3) is 0 Å². The van der Waals surface area contributed by atoms with Crippen molar-refractivity contribution in [3.8, 4) is 11.1 Å². The number of nitrogens with one attached hydrogen (secondary N) is 2. The molecule has 1 aliphatic rings. The number of carbonyl (C=O) groups is 3. The molecule has 9 heteroatoms. The van der Waals surface area contributed by atoms with Gasteiger partial charge in [-0.15, -0.1) is 0 Å². The molecule has 180 valence electrons. The smallest absolute Gasteiger partial charge is 0.407 e. The predicted octanol–water partition coefficient (Wildman–Crippen LogP) is 4.38. The standard InChI is InChI=1S/C26H23BrN2O6/c27-22-11-5-10-20(25(32)33)24(22)29-23(31)12-15(30)13-28-26(34)35-14-21-18-8-3-1-6-16(18)17-7-2-4-9-19(17)21/h1-11,15,21,30H,12-14H2,(H,28,34)(H,29,31)(H,32,33). The lowest BCUT2D eigenvalue weighted by Gasteiger charge is -2.16. The van der Waals surface area contributed by atoms with Gasteiger partial charge < -0.3 is 25.6 Å². The maximum Gasteiger partial charge on any atom is 0.407 e. The van der Waals surface area contributed by atoms with Gasteiger partial charge in [0.1, 0.15) is 6.61 Å². The summed E-state index contributed by atoms with van der Waals surface area (Å²) in [6.07, 6.45) is -2.24. The van der Waals surface area contributed by atoms with E-state index in [0.717, 1.165) is 22.3 Å². The van der Waals surface area contributed by atoms with Crippen LogP contribution < -0.4 is 10.6 Å². The van der Waals surface area contributed by atoms with Crippen LogP contribution in [0.15, 0.2) is 71.2 Å². The molecule has 1 unspecified atom stereocenters. The highest BCUT2D eigenvalue weighted by Gasteiger charge is 2.29. The number of aromatic carboxylic acids is 1. The number of alkyl carbamates (subject to hydrolysis) is 1. The summed E-state index contributed by atoms with van der Waals surface area (Å²) in [4.78, 5) is 35.9. The topological polar surface area (TPSA) is 125 Å². The van der Waals surface area contributed by atoms with Crippen molar-refractivity contribution in [2.45, 2.75) is 18.4 Å². The maximum atomic E-state index is 12.3. The van der Waals surface area contributed by atoms with E-state index in [2.05, 4.69) is 26.6 Å². The van der Waals surface area contributed by atoms with Crippen LogP contribution in [0.2, 0.25) is 0 Å². The van der Waals surface area contributed by atoms with Crippen molar-refractivity contribution in [3.05, 3.63) is 87.9 Å². The van der Waals surface area contributed by atoms with Crippen molar-refractivity contribution in [2.24, 2.45) is 0 Å². The van der Waals surface area contributed by atoms with E-state index in [0.29, 0.717) is 4.47 Å². The van der Waals surface area contributed by atoms with Gasteiger partial charge in [-0.05, 0) is 50.3 Å². The van der Waals surface area contributed by atoms with Gasteiger partial charge in [-0.2, -0.15) is 0 Å². The Labute approximate surface area is 210 Å². The fourth-order valence-electron chi connectivity index (χ4n) is 4.16. The van der Waals surface area contributed by atoms with E-state index in [1.54, 1.807) is 6.07 Å². The SMILES string of the molecule is O=C(CC(O)CNC(=O)OCC1c2ccccc2-c2ccccc21)Nc1c(Br)cccc1C(=O)O. The summed E-state index contributed by atoms with van der Waals surface area (Å²) < 4.78 is 5.82. The largest absolute Gasteiger partial charge is 0.478 e. The molecule has 2 amide bonds. The van der Waals surface area contributed by atoms with Crippen molar-refractivity contribution < 1.29 is 29.3 Å². The quantitative estimate of drug-likeness (QED) is 0.337. The van der Waals surface area contributed by atoms with Gasteiger partial charge in [0, 0.05) is 16.9 Å². The fraction of sp³-hybridized carbons (Fsp3) is 0.192. The molecule has 0 spiro atoms. The van der Waals surface area contributed by atoms with Gasteiger partial charge >= 0.3 is 12.1 Å². The van der Waals surface area contributed by atoms with Gasteiger partial charge in [-0.1, -0.05) is 54.6 Å². The number of hydrogen-bond donors (Lipinski definition) is 4. The molecule has 0 radical (unpaired) electrons. The first-order valence-electron chi connectivity index (χ1n) is 10.9. The van der Waals surface area contributed by atoms with Crippen molar-refractivity contribution >= 4 is 39.6 Å². The van der Waals surface area contributed by atoms with Crippen LogP contribution in [-0.4, -0.2) is 47.4 Å². The van der Waals surface area contributed by atoms with E-state index in [-0.39, 0.29) is 36.7 Å². The number of anilines is 1. The van der Waals surface area contributed by atoms with E-state index < -0.39 is 24.1 Å². The third-order valence-electron chi connectivity index (χ3n) is 5.76. The molecule has 3 aromatic rings. The van der Waals surface area contributed by atoms with Gasteiger partial charge in [-0.3, -0.25) is 4.79 Å².